The summed E-state index contributed by atoms with van der Waals surface area (Å²) in [6.45, 7) is 3.81. The van der Waals surface area contributed by atoms with Crippen LogP contribution in [0.2, 0.25) is 0 Å². The maximum absolute atomic E-state index is 13.0. The largest absolute Gasteiger partial charge is 0.486 e. The van der Waals surface area contributed by atoms with Crippen molar-refractivity contribution < 1.29 is 18.7 Å². The molecule has 0 spiro atoms. The van der Waals surface area contributed by atoms with Gasteiger partial charge >= 0.3 is 6.03 Å². The van der Waals surface area contributed by atoms with Crippen LogP contribution in [0.3, 0.4) is 0 Å². The number of benzene rings is 2. The maximum atomic E-state index is 13.0. The number of hydrogen-bond acceptors (Lipinski definition) is 4. The fourth-order valence-corrected chi connectivity index (χ4v) is 4.18. The molecule has 2 atom stereocenters. The molecule has 2 amide bonds. The minimum absolute atomic E-state index is 0.0358. The van der Waals surface area contributed by atoms with E-state index in [0.717, 1.165) is 53.2 Å². The number of amides is 2. The molecule has 3 heterocycles. The van der Waals surface area contributed by atoms with Crippen LogP contribution in [-0.2, 0) is 0 Å². The molecule has 1 N–H and O–H groups in total. The van der Waals surface area contributed by atoms with Gasteiger partial charge in [0.25, 0.3) is 0 Å². The lowest BCUT2D eigenvalue weighted by atomic mass is 10.0. The molecule has 6 heteroatoms. The zero-order chi connectivity index (χ0) is 19.8. The standard InChI is InChI=1S/C23H24N2O4/c1-15(21-14-17-5-2-3-7-19(17)29-21)24-23(26)25-10-4-6-18(25)16-8-9-20-22(13-16)28-12-11-27-20/h2-3,5,7-9,13-15,18H,4,6,10-12H2,1H3,(H,24,26). The molecule has 1 fully saturated rings. The molecule has 2 aliphatic rings. The second-order valence-corrected chi connectivity index (χ2v) is 7.61. The van der Waals surface area contributed by atoms with Crippen molar-refractivity contribution in [1.82, 2.24) is 10.2 Å². The van der Waals surface area contributed by atoms with Crippen molar-refractivity contribution in [3.8, 4) is 11.5 Å². The number of para-hydroxylation sites is 1. The molecule has 0 saturated carbocycles. The zero-order valence-corrected chi connectivity index (χ0v) is 16.4. The Bertz CT molecular complexity index is 1010. The van der Waals surface area contributed by atoms with E-state index in [4.69, 9.17) is 13.9 Å². The number of furan rings is 1. The highest BCUT2D eigenvalue weighted by molar-refractivity contribution is 5.79. The van der Waals surface area contributed by atoms with Crippen molar-refractivity contribution in [2.75, 3.05) is 19.8 Å². The lowest BCUT2D eigenvalue weighted by Crippen LogP contribution is -2.40. The van der Waals surface area contributed by atoms with Crippen molar-refractivity contribution in [1.29, 1.82) is 0 Å². The van der Waals surface area contributed by atoms with E-state index in [2.05, 4.69) is 5.32 Å². The molecule has 150 valence electrons. The molecule has 6 nitrogen and oxygen atoms in total. The average molecular weight is 392 g/mol. The molecule has 0 radical (unpaired) electrons. The van der Waals surface area contributed by atoms with Crippen LogP contribution < -0.4 is 14.8 Å². The fourth-order valence-electron chi connectivity index (χ4n) is 4.18. The number of urea groups is 1. The third-order valence-corrected chi connectivity index (χ3v) is 5.68. The normalized spacial score (nSPS) is 19.3. The van der Waals surface area contributed by atoms with Gasteiger partial charge in [0.1, 0.15) is 24.6 Å². The minimum Gasteiger partial charge on any atom is -0.486 e. The summed E-state index contributed by atoms with van der Waals surface area (Å²) in [7, 11) is 0. The van der Waals surface area contributed by atoms with Crippen molar-refractivity contribution in [3.63, 3.8) is 0 Å². The van der Waals surface area contributed by atoms with Gasteiger partial charge in [0.2, 0.25) is 0 Å². The Morgan fingerprint density at radius 3 is 2.79 bits per heavy atom. The minimum atomic E-state index is -0.212. The van der Waals surface area contributed by atoms with Gasteiger partial charge in [0.05, 0.1) is 12.1 Å². The predicted octanol–water partition coefficient (Wildman–Crippen LogP) is 4.81. The van der Waals surface area contributed by atoms with Crippen LogP contribution in [0.25, 0.3) is 11.0 Å². The summed E-state index contributed by atoms with van der Waals surface area (Å²) in [5, 5.41) is 4.14. The van der Waals surface area contributed by atoms with E-state index >= 15 is 0 Å². The third kappa shape index (κ3) is 3.39. The lowest BCUT2D eigenvalue weighted by Gasteiger charge is -2.28. The number of nitrogens with zero attached hydrogens (tertiary/aromatic N) is 1. The Morgan fingerprint density at radius 2 is 1.93 bits per heavy atom. The highest BCUT2D eigenvalue weighted by atomic mass is 16.6. The van der Waals surface area contributed by atoms with Gasteiger partial charge in [0, 0.05) is 11.9 Å². The van der Waals surface area contributed by atoms with Gasteiger partial charge < -0.3 is 24.1 Å². The molecule has 2 aromatic carbocycles. The molecule has 3 aromatic rings. The van der Waals surface area contributed by atoms with Crippen LogP contribution in [0.15, 0.2) is 52.9 Å². The number of nitrogens with one attached hydrogen (secondary N) is 1. The van der Waals surface area contributed by atoms with E-state index in [1.54, 1.807) is 0 Å². The van der Waals surface area contributed by atoms with Crippen LogP contribution in [0.4, 0.5) is 4.79 Å². The summed E-state index contributed by atoms with van der Waals surface area (Å²) >= 11 is 0. The van der Waals surface area contributed by atoms with Gasteiger partial charge in [-0.3, -0.25) is 0 Å². The molecule has 1 aromatic heterocycles. The van der Waals surface area contributed by atoms with Crippen LogP contribution in [0.1, 0.15) is 43.2 Å². The van der Waals surface area contributed by atoms with Gasteiger partial charge in [-0.15, -0.1) is 0 Å². The zero-order valence-electron chi connectivity index (χ0n) is 16.4. The van der Waals surface area contributed by atoms with E-state index in [9.17, 15) is 4.79 Å². The van der Waals surface area contributed by atoms with Gasteiger partial charge in [0.15, 0.2) is 11.5 Å². The monoisotopic (exact) mass is 392 g/mol. The summed E-state index contributed by atoms with van der Waals surface area (Å²) in [6.07, 6.45) is 1.91. The number of carbonyl (C=O) groups is 1. The predicted molar refractivity (Wildman–Crippen MR) is 109 cm³/mol. The molecule has 2 unspecified atom stereocenters. The van der Waals surface area contributed by atoms with E-state index in [-0.39, 0.29) is 18.1 Å². The number of fused-ring (bicyclic) bond motifs is 2. The SMILES string of the molecule is CC(NC(=O)N1CCCC1c1ccc2c(c1)OCCO2)c1cc2ccccc2o1. The summed E-state index contributed by atoms with van der Waals surface area (Å²) < 4.78 is 17.2. The van der Waals surface area contributed by atoms with Crippen LogP contribution in [-0.4, -0.2) is 30.7 Å². The van der Waals surface area contributed by atoms with Crippen LogP contribution in [0.5, 0.6) is 11.5 Å². The van der Waals surface area contributed by atoms with Gasteiger partial charge in [-0.2, -0.15) is 0 Å². The van der Waals surface area contributed by atoms with Crippen LogP contribution in [0, 0.1) is 0 Å². The Kier molecular flexibility index (Phi) is 4.54. The second-order valence-electron chi connectivity index (χ2n) is 7.61. The smallest absolute Gasteiger partial charge is 0.318 e. The summed E-state index contributed by atoms with van der Waals surface area (Å²) in [5.74, 6) is 2.29. The van der Waals surface area contributed by atoms with Gasteiger partial charge in [-0.25, -0.2) is 4.79 Å². The van der Waals surface area contributed by atoms with Gasteiger partial charge in [-0.05, 0) is 49.6 Å². The molecular formula is C23H24N2O4. The first-order valence-electron chi connectivity index (χ1n) is 10.1. The Morgan fingerprint density at radius 1 is 1.10 bits per heavy atom. The lowest BCUT2D eigenvalue weighted by molar-refractivity contribution is 0.170. The molecule has 1 saturated heterocycles. The highest BCUT2D eigenvalue weighted by Crippen LogP contribution is 2.38. The molecule has 0 bridgehead atoms. The summed E-state index contributed by atoms with van der Waals surface area (Å²) in [6, 6.07) is 15.6. The highest BCUT2D eigenvalue weighted by Gasteiger charge is 2.32. The van der Waals surface area contributed by atoms with E-state index < -0.39 is 0 Å². The number of rotatable bonds is 3. The van der Waals surface area contributed by atoms with E-state index in [1.165, 1.54) is 0 Å². The van der Waals surface area contributed by atoms with Crippen molar-refractivity contribution >= 4 is 17.0 Å². The first-order valence-corrected chi connectivity index (χ1v) is 10.1. The maximum Gasteiger partial charge on any atom is 0.318 e. The number of likely N-dealkylation sites (tertiary alicyclic amines) is 1. The second kappa shape index (κ2) is 7.35. The Balaban J connectivity index is 1.32. The number of hydrogen-bond donors (Lipinski definition) is 1. The summed E-state index contributed by atoms with van der Waals surface area (Å²) in [4.78, 5) is 14.9. The Hall–Kier alpha value is -3.15. The molecule has 2 aliphatic heterocycles. The molecular weight excluding hydrogens is 368 g/mol. The van der Waals surface area contributed by atoms with Crippen molar-refractivity contribution in [3.05, 3.63) is 59.9 Å². The fraction of sp³-hybridized carbons (Fsp3) is 0.348. The third-order valence-electron chi connectivity index (χ3n) is 5.68. The topological polar surface area (TPSA) is 63.9 Å². The van der Waals surface area contributed by atoms with Gasteiger partial charge in [-0.1, -0.05) is 24.3 Å². The van der Waals surface area contributed by atoms with E-state index in [1.807, 2.05) is 60.4 Å². The first kappa shape index (κ1) is 17.9. The van der Waals surface area contributed by atoms with E-state index in [0.29, 0.717) is 13.2 Å². The van der Waals surface area contributed by atoms with Crippen molar-refractivity contribution in [2.24, 2.45) is 0 Å². The quantitative estimate of drug-likeness (QED) is 0.695. The van der Waals surface area contributed by atoms with Crippen LogP contribution >= 0.6 is 0 Å². The first-order chi connectivity index (χ1) is 14.2. The summed E-state index contributed by atoms with van der Waals surface area (Å²) in [5.41, 5.74) is 1.91. The molecule has 29 heavy (non-hydrogen) atoms. The average Bonchev–Trinajstić information content (AvgIpc) is 3.40. The molecule has 0 aliphatic carbocycles. The van der Waals surface area contributed by atoms with Crippen molar-refractivity contribution in [2.45, 2.75) is 31.8 Å². The number of carbonyl (C=O) groups excluding carboxylic acids is 1. The molecule has 5 rings (SSSR count). The number of ether oxygens (including phenoxy) is 2. The Labute approximate surface area is 169 Å².